The fourth-order valence-corrected chi connectivity index (χ4v) is 7.72. The molecule has 0 atom stereocenters. The van der Waals surface area contributed by atoms with Crippen LogP contribution in [0.5, 0.6) is 0 Å². The number of rotatable bonds is 4. The predicted molar refractivity (Wildman–Crippen MR) is 190 cm³/mol. The molecule has 0 saturated heterocycles. The summed E-state index contributed by atoms with van der Waals surface area (Å²) in [6, 6.07) is 54.6. The quantitative estimate of drug-likeness (QED) is 0.193. The molecule has 3 heteroatoms. The highest BCUT2D eigenvalue weighted by Crippen LogP contribution is 2.44. The molecule has 0 saturated carbocycles. The molecule has 2 heterocycles. The van der Waals surface area contributed by atoms with Gasteiger partial charge in [-0.3, -0.25) is 4.98 Å². The number of fused-ring (bicyclic) bond motifs is 8. The number of anilines is 3. The Morgan fingerprint density at radius 2 is 1.11 bits per heavy atom. The SMILES string of the molecule is c1ccc(N(c2ccc(-c3cc4sc5ccccc5c4cn3)cc2)c2cc3ccc4ccccc4c3c3ccccc23)cc1. The van der Waals surface area contributed by atoms with Crippen LogP contribution in [-0.2, 0) is 0 Å². The Kier molecular flexibility index (Phi) is 5.71. The lowest BCUT2D eigenvalue weighted by molar-refractivity contribution is 1.30. The van der Waals surface area contributed by atoms with Gasteiger partial charge in [-0.1, -0.05) is 109 Å². The highest BCUT2D eigenvalue weighted by molar-refractivity contribution is 7.25. The maximum atomic E-state index is 4.88. The molecule has 0 spiro atoms. The molecule has 0 fully saturated rings. The van der Waals surface area contributed by atoms with E-state index in [0.717, 1.165) is 28.3 Å². The van der Waals surface area contributed by atoms with Gasteiger partial charge in [-0.15, -0.1) is 11.3 Å². The van der Waals surface area contributed by atoms with E-state index in [-0.39, 0.29) is 0 Å². The summed E-state index contributed by atoms with van der Waals surface area (Å²) in [6.45, 7) is 0. The summed E-state index contributed by atoms with van der Waals surface area (Å²) in [7, 11) is 0. The normalized spacial score (nSPS) is 11.6. The van der Waals surface area contributed by atoms with E-state index in [2.05, 4.69) is 157 Å². The van der Waals surface area contributed by atoms with Gasteiger partial charge in [0.2, 0.25) is 0 Å². The Hall–Kier alpha value is -5.51. The number of benzene rings is 7. The standard InChI is InChI=1S/C41H26N2S/c1-2-11-30(12-3-1)43(38-24-29-19-18-27-10-4-5-13-32(27)41(29)35-16-7-6-14-33(35)38)31-22-20-28(21-23-31)37-25-40-36(26-42-37)34-15-8-9-17-39(34)44-40/h1-26H. The van der Waals surface area contributed by atoms with Gasteiger partial charge in [0.25, 0.3) is 0 Å². The zero-order chi connectivity index (χ0) is 29.0. The van der Waals surface area contributed by atoms with E-state index in [0.29, 0.717) is 0 Å². The summed E-state index contributed by atoms with van der Waals surface area (Å²) in [4.78, 5) is 7.26. The van der Waals surface area contributed by atoms with Crippen molar-refractivity contribution in [3.63, 3.8) is 0 Å². The average molecular weight is 579 g/mol. The molecule has 7 aromatic carbocycles. The van der Waals surface area contributed by atoms with Gasteiger partial charge in [-0.25, -0.2) is 0 Å². The molecule has 2 nitrogen and oxygen atoms in total. The molecular weight excluding hydrogens is 553 g/mol. The van der Waals surface area contributed by atoms with Gasteiger partial charge in [0, 0.05) is 48.7 Å². The Morgan fingerprint density at radius 1 is 0.455 bits per heavy atom. The largest absolute Gasteiger partial charge is 0.310 e. The topological polar surface area (TPSA) is 16.1 Å². The first-order chi connectivity index (χ1) is 21.8. The van der Waals surface area contributed by atoms with Crippen LogP contribution in [0, 0.1) is 0 Å². The molecule has 44 heavy (non-hydrogen) atoms. The lowest BCUT2D eigenvalue weighted by atomic mass is 9.94. The van der Waals surface area contributed by atoms with Gasteiger partial charge >= 0.3 is 0 Å². The van der Waals surface area contributed by atoms with Crippen LogP contribution in [-0.4, -0.2) is 4.98 Å². The number of para-hydroxylation sites is 1. The van der Waals surface area contributed by atoms with Crippen molar-refractivity contribution in [2.75, 3.05) is 4.90 Å². The molecule has 0 aliphatic rings. The van der Waals surface area contributed by atoms with E-state index in [9.17, 15) is 0 Å². The van der Waals surface area contributed by atoms with E-state index in [1.165, 1.54) is 52.5 Å². The number of nitrogens with zero attached hydrogens (tertiary/aromatic N) is 2. The van der Waals surface area contributed by atoms with Crippen LogP contribution in [0.2, 0.25) is 0 Å². The minimum atomic E-state index is 0.991. The van der Waals surface area contributed by atoms with Crippen molar-refractivity contribution >= 4 is 80.9 Å². The number of pyridine rings is 1. The third-order valence-corrected chi connectivity index (χ3v) is 9.80. The molecule has 9 aromatic rings. The van der Waals surface area contributed by atoms with Gasteiger partial charge in [-0.05, 0) is 69.4 Å². The van der Waals surface area contributed by atoms with Crippen molar-refractivity contribution in [1.82, 2.24) is 4.98 Å². The van der Waals surface area contributed by atoms with Crippen LogP contribution in [0.3, 0.4) is 0 Å². The molecule has 0 N–H and O–H groups in total. The summed E-state index contributed by atoms with van der Waals surface area (Å²) in [5.74, 6) is 0. The number of hydrogen-bond acceptors (Lipinski definition) is 3. The second-order valence-electron chi connectivity index (χ2n) is 11.2. The van der Waals surface area contributed by atoms with E-state index in [1.807, 2.05) is 17.5 Å². The molecule has 0 radical (unpaired) electrons. The molecule has 0 aliphatic heterocycles. The summed E-state index contributed by atoms with van der Waals surface area (Å²) < 4.78 is 2.56. The van der Waals surface area contributed by atoms with Crippen LogP contribution in [0.1, 0.15) is 0 Å². The van der Waals surface area contributed by atoms with E-state index < -0.39 is 0 Å². The smallest absolute Gasteiger partial charge is 0.0716 e. The molecule has 0 aliphatic carbocycles. The van der Waals surface area contributed by atoms with Crippen LogP contribution in [0.15, 0.2) is 158 Å². The number of aromatic nitrogens is 1. The van der Waals surface area contributed by atoms with E-state index in [4.69, 9.17) is 4.98 Å². The zero-order valence-corrected chi connectivity index (χ0v) is 24.6. The van der Waals surface area contributed by atoms with Gasteiger partial charge in [0.15, 0.2) is 0 Å². The monoisotopic (exact) mass is 578 g/mol. The van der Waals surface area contributed by atoms with Crippen LogP contribution >= 0.6 is 11.3 Å². The molecule has 206 valence electrons. The van der Waals surface area contributed by atoms with Crippen molar-refractivity contribution in [2.24, 2.45) is 0 Å². The molecular formula is C41H26N2S. The lowest BCUT2D eigenvalue weighted by Crippen LogP contribution is -2.10. The first-order valence-electron chi connectivity index (χ1n) is 14.9. The summed E-state index contributed by atoms with van der Waals surface area (Å²) >= 11 is 1.83. The maximum absolute atomic E-state index is 4.88. The van der Waals surface area contributed by atoms with Crippen molar-refractivity contribution in [2.45, 2.75) is 0 Å². The summed E-state index contributed by atoms with van der Waals surface area (Å²) in [5, 5.41) is 10.1. The molecule has 0 bridgehead atoms. The minimum Gasteiger partial charge on any atom is -0.310 e. The molecule has 0 unspecified atom stereocenters. The predicted octanol–water partition coefficient (Wildman–Crippen LogP) is 12.0. The van der Waals surface area contributed by atoms with Gasteiger partial charge in [-0.2, -0.15) is 0 Å². The van der Waals surface area contributed by atoms with Crippen molar-refractivity contribution in [3.8, 4) is 11.3 Å². The molecule has 2 aromatic heterocycles. The Bertz CT molecular complexity index is 2490. The Labute approximate surface area is 259 Å². The Balaban J connectivity index is 1.21. The lowest BCUT2D eigenvalue weighted by Gasteiger charge is -2.28. The summed E-state index contributed by atoms with van der Waals surface area (Å²) in [6.07, 6.45) is 2.03. The second-order valence-corrected chi connectivity index (χ2v) is 12.3. The number of hydrogen-bond donors (Lipinski definition) is 0. The average Bonchev–Trinajstić information content (AvgIpc) is 3.47. The van der Waals surface area contributed by atoms with Gasteiger partial charge < -0.3 is 4.90 Å². The highest BCUT2D eigenvalue weighted by atomic mass is 32.1. The fraction of sp³-hybridized carbons (Fsp3) is 0. The third kappa shape index (κ3) is 3.98. The third-order valence-electron chi connectivity index (χ3n) is 8.67. The van der Waals surface area contributed by atoms with E-state index in [1.54, 1.807) is 0 Å². The fourth-order valence-electron chi connectivity index (χ4n) is 6.61. The van der Waals surface area contributed by atoms with Gasteiger partial charge in [0.05, 0.1) is 11.4 Å². The van der Waals surface area contributed by atoms with Crippen LogP contribution in [0.25, 0.3) is 63.7 Å². The Morgan fingerprint density at radius 3 is 1.95 bits per heavy atom. The van der Waals surface area contributed by atoms with Gasteiger partial charge in [0.1, 0.15) is 0 Å². The minimum absolute atomic E-state index is 0.991. The van der Waals surface area contributed by atoms with Crippen molar-refractivity contribution in [1.29, 1.82) is 0 Å². The number of thiophene rings is 1. The molecule has 0 amide bonds. The van der Waals surface area contributed by atoms with Crippen molar-refractivity contribution < 1.29 is 0 Å². The maximum Gasteiger partial charge on any atom is 0.0716 e. The summed E-state index contributed by atoms with van der Waals surface area (Å²) in [5.41, 5.74) is 5.48. The van der Waals surface area contributed by atoms with Crippen molar-refractivity contribution in [3.05, 3.63) is 158 Å². The highest BCUT2D eigenvalue weighted by Gasteiger charge is 2.18. The second kappa shape index (κ2) is 10.0. The first-order valence-corrected chi connectivity index (χ1v) is 15.7. The first kappa shape index (κ1) is 25.0. The van der Waals surface area contributed by atoms with Crippen LogP contribution in [0.4, 0.5) is 17.1 Å². The molecule has 9 rings (SSSR count). The van der Waals surface area contributed by atoms with Crippen LogP contribution < -0.4 is 4.90 Å². The zero-order valence-electron chi connectivity index (χ0n) is 23.8. The van der Waals surface area contributed by atoms with E-state index >= 15 is 0 Å².